The fourth-order valence-corrected chi connectivity index (χ4v) is 14.0. The molecule has 2 nitrogen and oxygen atoms in total. The molecule has 0 fully saturated rings. The van der Waals surface area contributed by atoms with Crippen LogP contribution < -0.4 is 4.90 Å². The monoisotopic (exact) mass is 964 g/mol. The third kappa shape index (κ3) is 5.81. The lowest BCUT2D eigenvalue weighted by Gasteiger charge is -2.39. The second-order valence-electron chi connectivity index (χ2n) is 20.7. The summed E-state index contributed by atoms with van der Waals surface area (Å²) in [6, 6.07) is 109. The molecule has 2 aliphatic carbocycles. The summed E-state index contributed by atoms with van der Waals surface area (Å²) in [5.41, 5.74) is 26.2. The van der Waals surface area contributed by atoms with Gasteiger partial charge in [0.05, 0.1) is 27.6 Å². The predicted octanol–water partition coefficient (Wildman–Crippen LogP) is 18.6. The topological polar surface area (TPSA) is 8.17 Å². The fraction of sp³-hybridized carbons (Fsp3) is 0.0270. The van der Waals surface area contributed by atoms with Crippen molar-refractivity contribution >= 4 is 38.9 Å². The number of rotatable bonds is 7. The van der Waals surface area contributed by atoms with Crippen molar-refractivity contribution in [3.63, 3.8) is 0 Å². The van der Waals surface area contributed by atoms with Crippen LogP contribution in [0.25, 0.3) is 72.0 Å². The van der Waals surface area contributed by atoms with Gasteiger partial charge in [0.1, 0.15) is 0 Å². The van der Waals surface area contributed by atoms with E-state index in [1.165, 1.54) is 117 Å². The van der Waals surface area contributed by atoms with Gasteiger partial charge in [-0.05, 0) is 144 Å². The average molecular weight is 965 g/mol. The normalized spacial score (nSPS) is 15.0. The molecule has 1 spiro atoms. The van der Waals surface area contributed by atoms with Gasteiger partial charge in [-0.1, -0.05) is 237 Å². The highest BCUT2D eigenvalue weighted by Crippen LogP contribution is 2.62. The van der Waals surface area contributed by atoms with Crippen molar-refractivity contribution in [1.29, 1.82) is 0 Å². The zero-order valence-electron chi connectivity index (χ0n) is 41.6. The third-order valence-electron chi connectivity index (χ3n) is 17.1. The number of nitrogens with zero attached hydrogens (tertiary/aromatic N) is 2. The molecule has 12 aromatic carbocycles. The molecule has 0 bridgehead atoms. The summed E-state index contributed by atoms with van der Waals surface area (Å²) < 4.78 is 2.52. The first kappa shape index (κ1) is 42.7. The lowest BCUT2D eigenvalue weighted by Crippen LogP contribution is -2.33. The van der Waals surface area contributed by atoms with Crippen molar-refractivity contribution in [2.24, 2.45) is 0 Å². The van der Waals surface area contributed by atoms with Gasteiger partial charge in [0.25, 0.3) is 0 Å². The van der Waals surface area contributed by atoms with Crippen LogP contribution in [-0.4, -0.2) is 4.57 Å². The Balaban J connectivity index is 0.881. The van der Waals surface area contributed by atoms with Crippen LogP contribution in [0, 0.1) is 0 Å². The molecule has 3 aliphatic rings. The first-order valence-electron chi connectivity index (χ1n) is 26.5. The van der Waals surface area contributed by atoms with Crippen LogP contribution >= 0.6 is 0 Å². The summed E-state index contributed by atoms with van der Waals surface area (Å²) in [7, 11) is 0. The molecule has 0 saturated heterocycles. The van der Waals surface area contributed by atoms with Crippen molar-refractivity contribution in [3.8, 4) is 50.2 Å². The van der Waals surface area contributed by atoms with Crippen molar-refractivity contribution in [2.75, 3.05) is 4.90 Å². The second-order valence-corrected chi connectivity index (χ2v) is 20.7. The maximum absolute atomic E-state index is 2.52. The minimum absolute atomic E-state index is 0.523. The molecule has 1 aromatic heterocycles. The zero-order chi connectivity index (χ0) is 50.0. The van der Waals surface area contributed by atoms with Gasteiger partial charge in [-0.25, -0.2) is 0 Å². The van der Waals surface area contributed by atoms with E-state index in [4.69, 9.17) is 0 Å². The number of benzene rings is 12. The Bertz CT molecular complexity index is 4410. The molecule has 1 aliphatic heterocycles. The Kier molecular flexibility index (Phi) is 9.20. The Labute approximate surface area is 442 Å². The first-order valence-corrected chi connectivity index (χ1v) is 26.5. The Morgan fingerprint density at radius 2 is 0.737 bits per heavy atom. The average Bonchev–Trinajstić information content (AvgIpc) is 4.31. The van der Waals surface area contributed by atoms with Gasteiger partial charge in [-0.15, -0.1) is 0 Å². The zero-order valence-corrected chi connectivity index (χ0v) is 41.6. The Hall–Kier alpha value is -9.76. The van der Waals surface area contributed by atoms with Gasteiger partial charge < -0.3 is 9.47 Å². The summed E-state index contributed by atoms with van der Waals surface area (Å²) in [5.74, 6) is 0. The highest BCUT2D eigenvalue weighted by molar-refractivity contribution is 6.13. The number of anilines is 3. The molecule has 16 rings (SSSR count). The van der Waals surface area contributed by atoms with Crippen molar-refractivity contribution < 1.29 is 0 Å². The van der Waals surface area contributed by atoms with Gasteiger partial charge >= 0.3 is 0 Å². The fourth-order valence-electron chi connectivity index (χ4n) is 14.0. The van der Waals surface area contributed by atoms with Crippen molar-refractivity contribution in [3.05, 3.63) is 336 Å². The van der Waals surface area contributed by atoms with Crippen molar-refractivity contribution in [1.82, 2.24) is 4.57 Å². The summed E-state index contributed by atoms with van der Waals surface area (Å²) in [6.45, 7) is 0. The van der Waals surface area contributed by atoms with E-state index in [0.717, 1.165) is 17.1 Å². The van der Waals surface area contributed by atoms with Crippen LogP contribution in [0.5, 0.6) is 0 Å². The smallest absolute Gasteiger partial charge is 0.0754 e. The molecule has 0 saturated carbocycles. The van der Waals surface area contributed by atoms with Gasteiger partial charge in [-0.3, -0.25) is 0 Å². The van der Waals surface area contributed by atoms with Gasteiger partial charge in [0, 0.05) is 27.8 Å². The van der Waals surface area contributed by atoms with Crippen LogP contribution in [0.1, 0.15) is 44.5 Å². The summed E-state index contributed by atoms with van der Waals surface area (Å²) in [5, 5.41) is 2.57. The van der Waals surface area contributed by atoms with E-state index in [0.29, 0.717) is 0 Å². The van der Waals surface area contributed by atoms with Gasteiger partial charge in [0.2, 0.25) is 0 Å². The highest BCUT2D eigenvalue weighted by atomic mass is 15.1. The Morgan fingerprint density at radius 3 is 1.47 bits per heavy atom. The second kappa shape index (κ2) is 16.4. The molecular weight excluding hydrogens is 917 g/mol. The minimum atomic E-state index is -0.530. The van der Waals surface area contributed by atoms with E-state index in [1.54, 1.807) is 0 Å². The maximum Gasteiger partial charge on any atom is 0.0754 e. The molecule has 354 valence electrons. The predicted molar refractivity (Wildman–Crippen MR) is 315 cm³/mol. The molecule has 76 heavy (non-hydrogen) atoms. The standard InChI is InChI=1S/C74H48N2/c1-4-20-49(21-5-1)51-22-18-27-56(46-51)75(57-43-45-61-58-28-10-13-32-64(58)73(69(61)48-57,53-23-6-2-7-24-53)54-25-8-3-9-26-54)55-41-38-50(39-42-55)52-40-44-60-59-29-11-14-33-65(59)74(68(60)47-52)66-34-15-17-37-71(66)76-70-36-16-12-30-62(70)63-31-19-35-67(74)72(63)76/h1-48H. The largest absolute Gasteiger partial charge is 0.310 e. The van der Waals surface area contributed by atoms with Crippen LogP contribution in [0.2, 0.25) is 0 Å². The number of hydrogen-bond donors (Lipinski definition) is 0. The summed E-state index contributed by atoms with van der Waals surface area (Å²) in [4.78, 5) is 2.45. The summed E-state index contributed by atoms with van der Waals surface area (Å²) in [6.07, 6.45) is 0. The van der Waals surface area contributed by atoms with Crippen LogP contribution in [0.15, 0.2) is 291 Å². The summed E-state index contributed by atoms with van der Waals surface area (Å²) >= 11 is 0. The molecular formula is C74H48N2. The molecule has 2 heterocycles. The van der Waals surface area contributed by atoms with Crippen LogP contribution in [0.3, 0.4) is 0 Å². The Morgan fingerprint density at radius 1 is 0.263 bits per heavy atom. The molecule has 1 unspecified atom stereocenters. The number of hydrogen-bond acceptors (Lipinski definition) is 1. The number of para-hydroxylation sites is 3. The maximum atomic E-state index is 2.52. The lowest BCUT2D eigenvalue weighted by atomic mass is 9.65. The lowest BCUT2D eigenvalue weighted by molar-refractivity contribution is 0.749. The quantitative estimate of drug-likeness (QED) is 0.155. The van der Waals surface area contributed by atoms with Crippen LogP contribution in [0.4, 0.5) is 17.1 Å². The molecule has 0 amide bonds. The van der Waals surface area contributed by atoms with E-state index in [9.17, 15) is 0 Å². The van der Waals surface area contributed by atoms with E-state index < -0.39 is 10.8 Å². The number of aromatic nitrogens is 1. The third-order valence-corrected chi connectivity index (χ3v) is 17.1. The molecule has 1 atom stereocenters. The van der Waals surface area contributed by atoms with E-state index >= 15 is 0 Å². The van der Waals surface area contributed by atoms with Crippen molar-refractivity contribution in [2.45, 2.75) is 10.8 Å². The first-order chi connectivity index (χ1) is 37.7. The van der Waals surface area contributed by atoms with Crippen LogP contribution in [-0.2, 0) is 10.8 Å². The van der Waals surface area contributed by atoms with E-state index in [1.807, 2.05) is 0 Å². The van der Waals surface area contributed by atoms with Gasteiger partial charge in [0.15, 0.2) is 0 Å². The van der Waals surface area contributed by atoms with E-state index in [-0.39, 0.29) is 0 Å². The highest BCUT2D eigenvalue weighted by Gasteiger charge is 2.51. The molecule has 0 N–H and O–H groups in total. The minimum Gasteiger partial charge on any atom is -0.310 e. The molecule has 13 aromatic rings. The SMILES string of the molecule is c1ccc(-c2cccc(N(c3ccc(-c4ccc5c(c4)C4(c6ccccc6-5)c5ccccc5-n5c6ccccc6c6cccc4c65)cc3)c3ccc4c(c3)C(c3ccccc3)(c3ccccc3)c3ccccc3-4)c2)cc1. The van der Waals surface area contributed by atoms with Gasteiger partial charge in [-0.2, -0.15) is 0 Å². The molecule has 0 radical (unpaired) electrons. The van der Waals surface area contributed by atoms with E-state index in [2.05, 4.69) is 301 Å². The molecule has 2 heteroatoms. The number of fused-ring (bicyclic) bond motifs is 15.